The molecule has 3 aromatic carbocycles. The van der Waals surface area contributed by atoms with Gasteiger partial charge in [0, 0.05) is 30.4 Å². The van der Waals surface area contributed by atoms with Crippen LogP contribution in [0.15, 0.2) is 85.1 Å². The average molecular weight is 661 g/mol. The number of esters is 1. The first kappa shape index (κ1) is 35.1. The fraction of sp³-hybridized carbons (Fsp3) is 0.324. The molecule has 0 unspecified atom stereocenters. The topological polar surface area (TPSA) is 96.4 Å². The van der Waals surface area contributed by atoms with Crippen molar-refractivity contribution in [2.24, 2.45) is 0 Å². The van der Waals surface area contributed by atoms with Gasteiger partial charge in [-0.05, 0) is 68.1 Å². The first-order valence-electron chi connectivity index (χ1n) is 15.3. The van der Waals surface area contributed by atoms with Gasteiger partial charge >= 0.3 is 12.1 Å². The summed E-state index contributed by atoms with van der Waals surface area (Å²) in [5.74, 6) is 1.34. The zero-order chi connectivity index (χ0) is 33.8. The van der Waals surface area contributed by atoms with Crippen LogP contribution >= 0.6 is 11.6 Å². The van der Waals surface area contributed by atoms with E-state index in [0.29, 0.717) is 42.0 Å². The summed E-state index contributed by atoms with van der Waals surface area (Å²) in [5, 5.41) is 0.415. The Morgan fingerprint density at radius 1 is 0.787 bits per heavy atom. The Bertz CT molecular complexity index is 1620. The van der Waals surface area contributed by atoms with Crippen LogP contribution in [0, 0.1) is 0 Å². The molecule has 10 heteroatoms. The van der Waals surface area contributed by atoms with Crippen molar-refractivity contribution >= 4 is 23.7 Å². The highest BCUT2D eigenvalue weighted by molar-refractivity contribution is 6.29. The van der Waals surface area contributed by atoms with E-state index in [1.807, 2.05) is 93.6 Å². The Kier molecular flexibility index (Phi) is 12.5. The number of pyridine rings is 1. The number of halogens is 1. The van der Waals surface area contributed by atoms with E-state index in [2.05, 4.69) is 4.98 Å². The van der Waals surface area contributed by atoms with Crippen LogP contribution in [0.5, 0.6) is 17.2 Å². The SMILES string of the molecule is COc1cc(CCN(Cc2ccc(OCc3ccc(Cl)nc3)c(OC)c2)C(=O)OC(C)(C)C)ccc1CC(=O)OCc1ccccc1. The maximum Gasteiger partial charge on any atom is 0.410 e. The van der Waals surface area contributed by atoms with Gasteiger partial charge in [-0.15, -0.1) is 0 Å². The highest BCUT2D eigenvalue weighted by atomic mass is 35.5. The summed E-state index contributed by atoms with van der Waals surface area (Å²) in [5.41, 5.74) is 3.63. The fourth-order valence-electron chi connectivity index (χ4n) is 4.66. The van der Waals surface area contributed by atoms with Gasteiger partial charge in [0.15, 0.2) is 11.5 Å². The van der Waals surface area contributed by atoms with Crippen LogP contribution in [-0.4, -0.2) is 48.3 Å². The van der Waals surface area contributed by atoms with E-state index in [4.69, 9.17) is 35.3 Å². The molecule has 0 bridgehead atoms. The normalized spacial score (nSPS) is 11.0. The number of hydrogen-bond donors (Lipinski definition) is 0. The van der Waals surface area contributed by atoms with Gasteiger partial charge < -0.3 is 28.6 Å². The first-order chi connectivity index (χ1) is 22.5. The molecule has 0 saturated heterocycles. The van der Waals surface area contributed by atoms with E-state index >= 15 is 0 Å². The number of amides is 1. The van der Waals surface area contributed by atoms with E-state index < -0.39 is 11.7 Å². The predicted octanol–water partition coefficient (Wildman–Crippen LogP) is 7.60. The minimum Gasteiger partial charge on any atom is -0.496 e. The fourth-order valence-corrected chi connectivity index (χ4v) is 4.78. The average Bonchev–Trinajstić information content (AvgIpc) is 3.05. The maximum absolute atomic E-state index is 13.3. The van der Waals surface area contributed by atoms with Crippen molar-refractivity contribution in [3.63, 3.8) is 0 Å². The van der Waals surface area contributed by atoms with Gasteiger partial charge in [-0.25, -0.2) is 9.78 Å². The van der Waals surface area contributed by atoms with Crippen LogP contribution < -0.4 is 14.2 Å². The number of carbonyl (C=O) groups excluding carboxylic acids is 2. The van der Waals surface area contributed by atoms with E-state index in [-0.39, 0.29) is 25.5 Å². The quantitative estimate of drug-likeness (QED) is 0.101. The molecule has 4 aromatic rings. The summed E-state index contributed by atoms with van der Waals surface area (Å²) < 4.78 is 28.4. The van der Waals surface area contributed by atoms with Crippen LogP contribution in [0.4, 0.5) is 4.79 Å². The molecule has 0 saturated carbocycles. The van der Waals surface area contributed by atoms with Crippen molar-refractivity contribution in [2.75, 3.05) is 20.8 Å². The number of benzene rings is 3. The van der Waals surface area contributed by atoms with Crippen LogP contribution in [0.2, 0.25) is 5.15 Å². The van der Waals surface area contributed by atoms with Crippen molar-refractivity contribution in [1.82, 2.24) is 9.88 Å². The second kappa shape index (κ2) is 16.7. The zero-order valence-corrected chi connectivity index (χ0v) is 28.2. The summed E-state index contributed by atoms with van der Waals surface area (Å²) in [4.78, 5) is 31.6. The Labute approximate surface area is 281 Å². The molecular formula is C37H41ClN2O7. The lowest BCUT2D eigenvalue weighted by molar-refractivity contribution is -0.144. The molecule has 4 rings (SSSR count). The molecule has 1 aromatic heterocycles. The zero-order valence-electron chi connectivity index (χ0n) is 27.5. The van der Waals surface area contributed by atoms with Crippen molar-refractivity contribution in [3.8, 4) is 17.2 Å². The number of ether oxygens (including phenoxy) is 5. The second-order valence-electron chi connectivity index (χ2n) is 11.9. The van der Waals surface area contributed by atoms with Crippen LogP contribution in [0.25, 0.3) is 0 Å². The number of rotatable bonds is 14. The maximum atomic E-state index is 13.3. The van der Waals surface area contributed by atoms with Crippen molar-refractivity contribution in [2.45, 2.75) is 59.0 Å². The molecule has 0 N–H and O–H groups in total. The van der Waals surface area contributed by atoms with Crippen LogP contribution in [-0.2, 0) is 46.9 Å². The van der Waals surface area contributed by atoms with Gasteiger partial charge in [0.25, 0.3) is 0 Å². The molecule has 47 heavy (non-hydrogen) atoms. The molecule has 0 aliphatic carbocycles. The van der Waals surface area contributed by atoms with Gasteiger partial charge in [0.1, 0.15) is 29.7 Å². The van der Waals surface area contributed by atoms with E-state index in [9.17, 15) is 9.59 Å². The largest absolute Gasteiger partial charge is 0.496 e. The standard InChI is InChI=1S/C37H41ClN2O7/c1-37(2,3)47-36(42)40(23-28-12-15-31(33(20-28)44-5)45-25-29-13-16-34(38)39-22-29)18-17-26-11-14-30(32(19-26)43-4)21-35(41)46-24-27-9-7-6-8-10-27/h6-16,19-20,22H,17-18,21,23-25H2,1-5H3. The first-order valence-corrected chi connectivity index (χ1v) is 15.6. The highest BCUT2D eigenvalue weighted by Crippen LogP contribution is 2.30. The number of methoxy groups -OCH3 is 2. The molecule has 1 heterocycles. The third-order valence-corrected chi connectivity index (χ3v) is 7.26. The van der Waals surface area contributed by atoms with Crippen molar-refractivity contribution < 1.29 is 33.3 Å². The number of hydrogen-bond acceptors (Lipinski definition) is 8. The third-order valence-electron chi connectivity index (χ3n) is 7.04. The number of carbonyl (C=O) groups is 2. The summed E-state index contributed by atoms with van der Waals surface area (Å²) >= 11 is 5.88. The molecule has 0 fully saturated rings. The van der Waals surface area contributed by atoms with Gasteiger partial charge in [0.05, 0.1) is 20.6 Å². The molecule has 0 atom stereocenters. The van der Waals surface area contributed by atoms with Crippen molar-refractivity contribution in [1.29, 1.82) is 0 Å². The number of aromatic nitrogens is 1. The second-order valence-corrected chi connectivity index (χ2v) is 12.3. The third kappa shape index (κ3) is 11.2. The lowest BCUT2D eigenvalue weighted by Gasteiger charge is -2.28. The lowest BCUT2D eigenvalue weighted by Crippen LogP contribution is -2.37. The molecule has 1 amide bonds. The Morgan fingerprint density at radius 3 is 2.17 bits per heavy atom. The lowest BCUT2D eigenvalue weighted by atomic mass is 10.0. The van der Waals surface area contributed by atoms with Gasteiger partial charge in [-0.2, -0.15) is 0 Å². The molecular weight excluding hydrogens is 620 g/mol. The van der Waals surface area contributed by atoms with Crippen molar-refractivity contribution in [3.05, 3.63) is 118 Å². The van der Waals surface area contributed by atoms with E-state index in [0.717, 1.165) is 27.8 Å². The minimum atomic E-state index is -0.665. The molecule has 0 aliphatic heterocycles. The summed E-state index contributed by atoms with van der Waals surface area (Å²) in [6.45, 7) is 6.68. The van der Waals surface area contributed by atoms with Gasteiger partial charge in [-0.3, -0.25) is 4.79 Å². The van der Waals surface area contributed by atoms with Gasteiger partial charge in [-0.1, -0.05) is 66.2 Å². The molecule has 0 spiro atoms. The molecule has 248 valence electrons. The van der Waals surface area contributed by atoms with Gasteiger partial charge in [0.2, 0.25) is 0 Å². The minimum absolute atomic E-state index is 0.0818. The number of nitrogens with zero attached hydrogens (tertiary/aromatic N) is 2. The van der Waals surface area contributed by atoms with E-state index in [1.165, 1.54) is 0 Å². The Hall–Kier alpha value is -4.76. The smallest absolute Gasteiger partial charge is 0.410 e. The summed E-state index contributed by atoms with van der Waals surface area (Å²) in [6, 6.07) is 24.3. The highest BCUT2D eigenvalue weighted by Gasteiger charge is 2.23. The monoisotopic (exact) mass is 660 g/mol. The molecule has 0 radical (unpaired) electrons. The van der Waals surface area contributed by atoms with E-state index in [1.54, 1.807) is 31.4 Å². The van der Waals surface area contributed by atoms with Crippen LogP contribution in [0.3, 0.4) is 0 Å². The predicted molar refractivity (Wildman–Crippen MR) is 180 cm³/mol. The summed E-state index contributed by atoms with van der Waals surface area (Å²) in [7, 11) is 3.14. The molecule has 0 aliphatic rings. The Balaban J connectivity index is 1.42. The Morgan fingerprint density at radius 2 is 1.49 bits per heavy atom. The van der Waals surface area contributed by atoms with Crippen LogP contribution in [0.1, 0.15) is 48.6 Å². The summed E-state index contributed by atoms with van der Waals surface area (Å²) in [6.07, 6.45) is 1.84. The molecule has 9 nitrogen and oxygen atoms in total.